The molecule has 2 atom stereocenters. The standard InChI is InChI=1S/C21H23NO5/c1-12(2)20-16(10-18(24)25)19-15(21(26)27)7-4-8-17(19)22(20)11-13-5-3-6-14(23)9-13/h3-9,12,16,20,23H,10-11H2,1-2H3,(H,24,25)(H,26,27). The van der Waals surface area contributed by atoms with E-state index in [4.69, 9.17) is 0 Å². The maximum atomic E-state index is 11.8. The normalized spacial score (nSPS) is 18.6. The van der Waals surface area contributed by atoms with Gasteiger partial charge in [0.15, 0.2) is 0 Å². The zero-order chi connectivity index (χ0) is 19.7. The van der Waals surface area contributed by atoms with Crippen molar-refractivity contribution >= 4 is 17.6 Å². The summed E-state index contributed by atoms with van der Waals surface area (Å²) in [6.07, 6.45) is -0.128. The van der Waals surface area contributed by atoms with E-state index in [2.05, 4.69) is 4.90 Å². The second kappa shape index (κ2) is 7.31. The summed E-state index contributed by atoms with van der Waals surface area (Å²) >= 11 is 0. The molecule has 0 aliphatic carbocycles. The summed E-state index contributed by atoms with van der Waals surface area (Å²) in [6, 6.07) is 11.8. The van der Waals surface area contributed by atoms with Crippen molar-refractivity contribution in [3.8, 4) is 5.75 Å². The summed E-state index contributed by atoms with van der Waals surface area (Å²) in [6.45, 7) is 4.49. The molecule has 0 saturated carbocycles. The van der Waals surface area contributed by atoms with Crippen LogP contribution in [0.25, 0.3) is 0 Å². The number of aromatic carboxylic acids is 1. The highest BCUT2D eigenvalue weighted by atomic mass is 16.4. The molecule has 2 aromatic carbocycles. The molecule has 0 amide bonds. The van der Waals surface area contributed by atoms with Gasteiger partial charge in [-0.3, -0.25) is 4.79 Å². The number of phenols is 1. The number of aromatic hydroxyl groups is 1. The molecule has 142 valence electrons. The van der Waals surface area contributed by atoms with Gasteiger partial charge in [0.25, 0.3) is 0 Å². The van der Waals surface area contributed by atoms with Crippen molar-refractivity contribution in [2.75, 3.05) is 4.90 Å². The number of carbonyl (C=O) groups is 2. The van der Waals surface area contributed by atoms with Gasteiger partial charge in [-0.25, -0.2) is 4.79 Å². The number of hydrogen-bond acceptors (Lipinski definition) is 4. The molecule has 6 nitrogen and oxygen atoms in total. The number of carboxylic acid groups (broad SMARTS) is 2. The van der Waals surface area contributed by atoms with E-state index in [-0.39, 0.29) is 29.7 Å². The van der Waals surface area contributed by atoms with Gasteiger partial charge >= 0.3 is 11.9 Å². The zero-order valence-electron chi connectivity index (χ0n) is 15.3. The average Bonchev–Trinajstić information content (AvgIpc) is 2.88. The molecule has 0 spiro atoms. The van der Waals surface area contributed by atoms with E-state index in [0.717, 1.165) is 11.3 Å². The first-order valence-electron chi connectivity index (χ1n) is 8.92. The lowest BCUT2D eigenvalue weighted by atomic mass is 9.83. The molecule has 6 heteroatoms. The molecular formula is C21H23NO5. The number of aliphatic carboxylic acids is 1. The van der Waals surface area contributed by atoms with Gasteiger partial charge in [0.1, 0.15) is 5.75 Å². The minimum Gasteiger partial charge on any atom is -0.508 e. The topological polar surface area (TPSA) is 98.1 Å². The highest BCUT2D eigenvalue weighted by Crippen LogP contribution is 2.47. The number of rotatable bonds is 6. The van der Waals surface area contributed by atoms with Crippen molar-refractivity contribution in [1.29, 1.82) is 0 Å². The number of nitrogens with zero attached hydrogens (tertiary/aromatic N) is 1. The minimum atomic E-state index is -1.05. The highest BCUT2D eigenvalue weighted by molar-refractivity contribution is 5.93. The van der Waals surface area contributed by atoms with Crippen LogP contribution < -0.4 is 4.90 Å². The number of anilines is 1. The lowest BCUT2D eigenvalue weighted by Gasteiger charge is -2.33. The lowest BCUT2D eigenvalue weighted by Crippen LogP contribution is -2.38. The molecule has 3 rings (SSSR count). The van der Waals surface area contributed by atoms with Crippen LogP contribution in [0, 0.1) is 5.92 Å². The summed E-state index contributed by atoms with van der Waals surface area (Å²) in [5, 5.41) is 28.9. The Hall–Kier alpha value is -3.02. The molecule has 0 aromatic heterocycles. The molecule has 0 fully saturated rings. The van der Waals surface area contributed by atoms with Crippen LogP contribution in [0.5, 0.6) is 5.75 Å². The van der Waals surface area contributed by atoms with Gasteiger partial charge in [0.2, 0.25) is 0 Å². The SMILES string of the molecule is CC(C)C1C(CC(=O)O)c2c(C(=O)O)cccc2N1Cc1cccc(O)c1. The van der Waals surface area contributed by atoms with Crippen LogP contribution in [0.2, 0.25) is 0 Å². The van der Waals surface area contributed by atoms with Crippen LogP contribution in [0.3, 0.4) is 0 Å². The quantitative estimate of drug-likeness (QED) is 0.718. The summed E-state index contributed by atoms with van der Waals surface area (Å²) in [5.74, 6) is -2.14. The number of carboxylic acids is 2. The summed E-state index contributed by atoms with van der Waals surface area (Å²) < 4.78 is 0. The van der Waals surface area contributed by atoms with E-state index >= 15 is 0 Å². The molecule has 0 radical (unpaired) electrons. The van der Waals surface area contributed by atoms with Crippen molar-refractivity contribution in [3.05, 3.63) is 59.2 Å². The zero-order valence-corrected chi connectivity index (χ0v) is 15.3. The maximum absolute atomic E-state index is 11.8. The van der Waals surface area contributed by atoms with Gasteiger partial charge in [0, 0.05) is 24.2 Å². The van der Waals surface area contributed by atoms with E-state index in [0.29, 0.717) is 12.1 Å². The van der Waals surface area contributed by atoms with Crippen molar-refractivity contribution in [3.63, 3.8) is 0 Å². The number of fused-ring (bicyclic) bond motifs is 1. The van der Waals surface area contributed by atoms with Crippen molar-refractivity contribution < 1.29 is 24.9 Å². The fourth-order valence-corrected chi connectivity index (χ4v) is 4.21. The Morgan fingerprint density at radius 2 is 1.81 bits per heavy atom. The first kappa shape index (κ1) is 18.8. The third kappa shape index (κ3) is 3.60. The minimum absolute atomic E-state index is 0.112. The fourth-order valence-electron chi connectivity index (χ4n) is 4.21. The number of benzene rings is 2. The van der Waals surface area contributed by atoms with Gasteiger partial charge in [-0.15, -0.1) is 0 Å². The van der Waals surface area contributed by atoms with E-state index < -0.39 is 17.9 Å². The largest absolute Gasteiger partial charge is 0.508 e. The Bertz CT molecular complexity index is 877. The predicted molar refractivity (Wildman–Crippen MR) is 101 cm³/mol. The average molecular weight is 369 g/mol. The van der Waals surface area contributed by atoms with E-state index in [1.54, 1.807) is 24.3 Å². The third-order valence-electron chi connectivity index (χ3n) is 5.11. The van der Waals surface area contributed by atoms with Crippen LogP contribution in [-0.4, -0.2) is 33.3 Å². The van der Waals surface area contributed by atoms with Crippen molar-refractivity contribution in [2.45, 2.75) is 38.8 Å². The van der Waals surface area contributed by atoms with Crippen LogP contribution in [-0.2, 0) is 11.3 Å². The van der Waals surface area contributed by atoms with Gasteiger partial charge in [-0.2, -0.15) is 0 Å². The second-order valence-corrected chi connectivity index (χ2v) is 7.28. The van der Waals surface area contributed by atoms with Crippen LogP contribution >= 0.6 is 0 Å². The summed E-state index contributed by atoms with van der Waals surface area (Å²) in [5.41, 5.74) is 2.38. The fraction of sp³-hybridized carbons (Fsp3) is 0.333. The van der Waals surface area contributed by atoms with Crippen LogP contribution in [0.15, 0.2) is 42.5 Å². The smallest absolute Gasteiger partial charge is 0.336 e. The van der Waals surface area contributed by atoms with Gasteiger partial charge in [-0.1, -0.05) is 32.0 Å². The molecule has 3 N–H and O–H groups in total. The van der Waals surface area contributed by atoms with Gasteiger partial charge < -0.3 is 20.2 Å². The lowest BCUT2D eigenvalue weighted by molar-refractivity contribution is -0.137. The Kier molecular flexibility index (Phi) is 5.08. The van der Waals surface area contributed by atoms with Crippen LogP contribution in [0.1, 0.15) is 47.7 Å². The first-order chi connectivity index (χ1) is 12.8. The molecule has 27 heavy (non-hydrogen) atoms. The van der Waals surface area contributed by atoms with Gasteiger partial charge in [0.05, 0.1) is 12.0 Å². The molecule has 1 heterocycles. The Labute approximate surface area is 157 Å². The second-order valence-electron chi connectivity index (χ2n) is 7.28. The van der Waals surface area contributed by atoms with E-state index in [1.807, 2.05) is 26.0 Å². The summed E-state index contributed by atoms with van der Waals surface area (Å²) in [4.78, 5) is 25.4. The third-order valence-corrected chi connectivity index (χ3v) is 5.11. The summed E-state index contributed by atoms with van der Waals surface area (Å²) in [7, 11) is 0. The van der Waals surface area contributed by atoms with Crippen molar-refractivity contribution in [2.24, 2.45) is 5.92 Å². The van der Waals surface area contributed by atoms with Crippen molar-refractivity contribution in [1.82, 2.24) is 0 Å². The molecule has 2 aromatic rings. The van der Waals surface area contributed by atoms with Crippen LogP contribution in [0.4, 0.5) is 5.69 Å². The molecule has 1 aliphatic heterocycles. The molecule has 2 unspecified atom stereocenters. The maximum Gasteiger partial charge on any atom is 0.336 e. The monoisotopic (exact) mass is 369 g/mol. The first-order valence-corrected chi connectivity index (χ1v) is 8.92. The Morgan fingerprint density at radius 3 is 2.41 bits per heavy atom. The Morgan fingerprint density at radius 1 is 1.11 bits per heavy atom. The number of phenolic OH excluding ortho intramolecular Hbond substituents is 1. The van der Waals surface area contributed by atoms with E-state index in [9.17, 15) is 24.9 Å². The van der Waals surface area contributed by atoms with E-state index in [1.165, 1.54) is 6.07 Å². The molecular weight excluding hydrogens is 346 g/mol. The Balaban J connectivity index is 2.13. The highest BCUT2D eigenvalue weighted by Gasteiger charge is 2.43. The molecule has 1 aliphatic rings. The van der Waals surface area contributed by atoms with Gasteiger partial charge in [-0.05, 0) is 41.3 Å². The number of hydrogen-bond donors (Lipinski definition) is 3. The molecule has 0 saturated heterocycles. The molecule has 0 bridgehead atoms. The predicted octanol–water partition coefficient (Wildman–Crippen LogP) is 3.69.